The molecule has 1 aliphatic rings. The summed E-state index contributed by atoms with van der Waals surface area (Å²) in [4.78, 5) is 27.6. The van der Waals surface area contributed by atoms with E-state index in [4.69, 9.17) is 21.9 Å². The summed E-state index contributed by atoms with van der Waals surface area (Å²) in [7, 11) is 1.58. The standard InChI is InChI=1S/C18H25N5O4S/c1-9(19)13(28)7-27-10-3-4-12(20)11(5-10)15(22-2)16(25)23-14-6-18(14,8-24)17(21)26/h3-5,14,24,28H,6-8,19-20H2,1-2H3,(H2,21,26)(H,23,25)/p+1/b13-9-,22-15?. The number of anilines is 1. The molecule has 1 aromatic carbocycles. The van der Waals surface area contributed by atoms with Crippen LogP contribution < -0.4 is 32.2 Å². The molecule has 10 heteroatoms. The molecule has 0 aliphatic heterocycles. The number of ether oxygens (including phenoxy) is 1. The molecule has 0 heterocycles. The highest BCUT2D eigenvalue weighted by Crippen LogP contribution is 2.45. The van der Waals surface area contributed by atoms with Crippen LogP contribution in [0, 0.1) is 5.41 Å². The third kappa shape index (κ3) is 4.39. The van der Waals surface area contributed by atoms with Gasteiger partial charge in [-0.15, -0.1) is 12.6 Å². The molecule has 2 atom stereocenters. The highest BCUT2D eigenvalue weighted by molar-refractivity contribution is 7.84. The molecule has 0 radical (unpaired) electrons. The van der Waals surface area contributed by atoms with E-state index in [1.165, 1.54) is 0 Å². The molecule has 2 amide bonds. The van der Waals surface area contributed by atoms with E-state index < -0.39 is 29.9 Å². The summed E-state index contributed by atoms with van der Waals surface area (Å²) in [6.45, 7) is 1.47. The number of carbonyl (C=O) groups is 2. The van der Waals surface area contributed by atoms with E-state index in [2.05, 4.69) is 22.9 Å². The number of nitrogens with one attached hydrogen (secondary N) is 2. The molecule has 9 nitrogen and oxygen atoms in total. The van der Waals surface area contributed by atoms with Crippen molar-refractivity contribution in [3.8, 4) is 5.75 Å². The fourth-order valence-corrected chi connectivity index (χ4v) is 2.79. The first-order valence-electron chi connectivity index (χ1n) is 8.59. The maximum atomic E-state index is 12.7. The second kappa shape index (κ2) is 8.53. The summed E-state index contributed by atoms with van der Waals surface area (Å²) in [6.07, 6.45) is 0.287. The molecule has 1 saturated carbocycles. The van der Waals surface area contributed by atoms with Crippen molar-refractivity contribution in [2.24, 2.45) is 16.9 Å². The molecule has 2 rings (SSSR count). The van der Waals surface area contributed by atoms with Crippen LogP contribution in [0.5, 0.6) is 5.75 Å². The molecule has 1 fully saturated rings. The van der Waals surface area contributed by atoms with Crippen molar-refractivity contribution < 1.29 is 24.4 Å². The molecule has 0 spiro atoms. The summed E-state index contributed by atoms with van der Waals surface area (Å²) in [5, 5.41) is 12.1. The first-order valence-corrected chi connectivity index (χ1v) is 9.04. The lowest BCUT2D eigenvalue weighted by Gasteiger charge is -2.12. The molecule has 2 unspecified atom stereocenters. The number of hydrogen-bond donors (Lipinski definition) is 7. The van der Waals surface area contributed by atoms with Crippen molar-refractivity contribution in [1.82, 2.24) is 5.32 Å². The van der Waals surface area contributed by atoms with Gasteiger partial charge in [0.05, 0.1) is 17.6 Å². The van der Waals surface area contributed by atoms with Crippen molar-refractivity contribution in [2.75, 3.05) is 26.0 Å². The number of carbonyl (C=O) groups excluding carboxylic acids is 2. The summed E-state index contributed by atoms with van der Waals surface area (Å²) in [5.74, 6) is -0.640. The highest BCUT2D eigenvalue weighted by atomic mass is 32.1. The molecule has 0 aromatic heterocycles. The lowest BCUT2D eigenvalue weighted by atomic mass is 10.1. The van der Waals surface area contributed by atoms with Crippen molar-refractivity contribution in [2.45, 2.75) is 19.4 Å². The van der Waals surface area contributed by atoms with Gasteiger partial charge in [-0.25, -0.2) is 4.99 Å². The lowest BCUT2D eigenvalue weighted by Crippen LogP contribution is -2.71. The minimum atomic E-state index is -1.11. The number of hydrogen-bond acceptors (Lipinski definition) is 7. The SMILES string of the molecule is C[NH+]=C(C(=O)NC1CC1(CO)C(N)=O)c1cc(OC/C(S)=C(\C)N)ccc1N. The van der Waals surface area contributed by atoms with Gasteiger partial charge >= 0.3 is 5.91 Å². The minimum Gasteiger partial charge on any atom is -0.488 e. The van der Waals surface area contributed by atoms with Crippen molar-refractivity contribution >= 4 is 35.8 Å². The molecular formula is C18H26N5O4S+. The van der Waals surface area contributed by atoms with Gasteiger partial charge in [0, 0.05) is 22.3 Å². The van der Waals surface area contributed by atoms with Gasteiger partial charge in [-0.05, 0) is 31.5 Å². The van der Waals surface area contributed by atoms with Crippen LogP contribution >= 0.6 is 12.6 Å². The smallest absolute Gasteiger partial charge is 0.316 e. The fraction of sp³-hybridized carbons (Fsp3) is 0.389. The number of amides is 2. The number of allylic oxidation sites excluding steroid dienone is 1. The average Bonchev–Trinajstić information content (AvgIpc) is 3.36. The largest absolute Gasteiger partial charge is 0.488 e. The number of aliphatic hydroxyl groups is 1. The van der Waals surface area contributed by atoms with Crippen LogP contribution in [0.15, 0.2) is 28.8 Å². The van der Waals surface area contributed by atoms with Crippen LogP contribution in [-0.2, 0) is 9.59 Å². The van der Waals surface area contributed by atoms with Gasteiger partial charge in [0.25, 0.3) is 5.71 Å². The van der Waals surface area contributed by atoms with Gasteiger partial charge in [-0.1, -0.05) is 0 Å². The predicted octanol–water partition coefficient (Wildman–Crippen LogP) is -2.38. The highest BCUT2D eigenvalue weighted by Gasteiger charge is 2.60. The molecular weight excluding hydrogens is 382 g/mol. The molecule has 28 heavy (non-hydrogen) atoms. The van der Waals surface area contributed by atoms with E-state index in [1.807, 2.05) is 0 Å². The Bertz CT molecular complexity index is 850. The second-order valence-corrected chi connectivity index (χ2v) is 7.24. The molecule has 1 aliphatic carbocycles. The third-order valence-electron chi connectivity index (χ3n) is 4.76. The zero-order chi connectivity index (χ0) is 21.1. The number of benzene rings is 1. The minimum absolute atomic E-state index is 0.176. The van der Waals surface area contributed by atoms with Crippen LogP contribution in [0.1, 0.15) is 18.9 Å². The maximum absolute atomic E-state index is 12.7. The zero-order valence-electron chi connectivity index (χ0n) is 15.8. The van der Waals surface area contributed by atoms with Gasteiger partial charge in [0.2, 0.25) is 5.91 Å². The van der Waals surface area contributed by atoms with Crippen molar-refractivity contribution in [1.29, 1.82) is 0 Å². The van der Waals surface area contributed by atoms with Crippen LogP contribution in [0.3, 0.4) is 0 Å². The van der Waals surface area contributed by atoms with Crippen LogP contribution in [0.4, 0.5) is 5.69 Å². The topological polar surface area (TPSA) is 168 Å². The normalized spacial score (nSPS) is 22.3. The van der Waals surface area contributed by atoms with Crippen molar-refractivity contribution in [3.05, 3.63) is 34.4 Å². The third-order valence-corrected chi connectivity index (χ3v) is 5.24. The molecule has 0 bridgehead atoms. The summed E-state index contributed by atoms with van der Waals surface area (Å²) < 4.78 is 5.64. The Morgan fingerprint density at radius 1 is 1.43 bits per heavy atom. The Hall–Kier alpha value is -2.72. The summed E-state index contributed by atoms with van der Waals surface area (Å²) >= 11 is 4.24. The van der Waals surface area contributed by atoms with E-state index in [1.54, 1.807) is 32.2 Å². The number of nitrogen functional groups attached to an aromatic ring is 1. The summed E-state index contributed by atoms with van der Waals surface area (Å²) in [5.41, 5.74) is 17.4. The average molecular weight is 409 g/mol. The van der Waals surface area contributed by atoms with Crippen LogP contribution in [0.2, 0.25) is 0 Å². The Balaban J connectivity index is 2.18. The predicted molar refractivity (Wildman–Crippen MR) is 108 cm³/mol. The Labute approximate surface area is 168 Å². The van der Waals surface area contributed by atoms with Crippen LogP contribution in [-0.4, -0.2) is 48.9 Å². The van der Waals surface area contributed by atoms with Gasteiger partial charge in [-0.2, -0.15) is 0 Å². The van der Waals surface area contributed by atoms with E-state index in [-0.39, 0.29) is 18.7 Å². The fourth-order valence-electron chi connectivity index (χ4n) is 2.73. The van der Waals surface area contributed by atoms with Gasteiger partial charge in [-0.3, -0.25) is 9.59 Å². The van der Waals surface area contributed by atoms with Gasteiger partial charge < -0.3 is 32.4 Å². The van der Waals surface area contributed by atoms with E-state index >= 15 is 0 Å². The number of nitrogens with two attached hydrogens (primary N) is 3. The molecule has 1 aromatic rings. The number of primary amides is 1. The van der Waals surface area contributed by atoms with Gasteiger partial charge in [0.15, 0.2) is 0 Å². The first-order chi connectivity index (χ1) is 13.2. The quantitative estimate of drug-likeness (QED) is 0.144. The molecule has 152 valence electrons. The number of aliphatic hydroxyl groups excluding tert-OH is 1. The maximum Gasteiger partial charge on any atom is 0.316 e. The van der Waals surface area contributed by atoms with Crippen molar-refractivity contribution in [3.63, 3.8) is 0 Å². The van der Waals surface area contributed by atoms with Gasteiger partial charge in [0.1, 0.15) is 19.4 Å². The van der Waals surface area contributed by atoms with E-state index in [9.17, 15) is 14.7 Å². The Kier molecular flexibility index (Phi) is 6.57. The zero-order valence-corrected chi connectivity index (χ0v) is 16.7. The Morgan fingerprint density at radius 2 is 2.11 bits per heavy atom. The Morgan fingerprint density at radius 3 is 2.61 bits per heavy atom. The monoisotopic (exact) mass is 408 g/mol. The lowest BCUT2D eigenvalue weighted by molar-refractivity contribution is -0.418. The molecule has 9 N–H and O–H groups in total. The summed E-state index contributed by atoms with van der Waals surface area (Å²) in [6, 6.07) is 4.37. The molecule has 0 saturated heterocycles. The van der Waals surface area contributed by atoms with E-state index in [0.717, 1.165) is 0 Å². The number of rotatable bonds is 8. The number of thiol groups is 1. The van der Waals surface area contributed by atoms with E-state index in [0.29, 0.717) is 27.6 Å². The second-order valence-electron chi connectivity index (χ2n) is 6.70. The van der Waals surface area contributed by atoms with Crippen LogP contribution in [0.25, 0.3) is 0 Å². The first kappa shape index (κ1) is 21.6.